The zero-order valence-corrected chi connectivity index (χ0v) is 16.9. The first kappa shape index (κ1) is 19.6. The van der Waals surface area contributed by atoms with Gasteiger partial charge in [-0.1, -0.05) is 0 Å². The first-order chi connectivity index (χ1) is 14.0. The molecule has 0 aliphatic carbocycles. The standard InChI is InChI=1S/C22H27FN4O2/c1-14(2)29-17-3-4-20-18(12-17)19(22(28)26-20)11-16-13-24-21(25-16)15-5-8-27(9-6-15)10-7-23/h3-4,11-15H,5-10H2,1-2H3,(H,24,25)(H,26,28)/b19-11-. The summed E-state index contributed by atoms with van der Waals surface area (Å²) < 4.78 is 18.3. The number of nitrogens with zero attached hydrogens (tertiary/aromatic N) is 2. The molecule has 7 heteroatoms. The summed E-state index contributed by atoms with van der Waals surface area (Å²) in [5.41, 5.74) is 3.03. The number of carbonyl (C=O) groups excluding carboxylic acids is 1. The van der Waals surface area contributed by atoms with E-state index in [1.807, 2.05) is 38.1 Å². The SMILES string of the molecule is CC(C)Oc1ccc2c(c1)/C(=C/c1cnc(C3CCN(CCF)CC3)[nH]1)C(=O)N2. The van der Waals surface area contributed by atoms with Gasteiger partial charge in [0.25, 0.3) is 5.91 Å². The van der Waals surface area contributed by atoms with Crippen molar-refractivity contribution in [1.29, 1.82) is 0 Å². The second-order valence-electron chi connectivity index (χ2n) is 7.91. The van der Waals surface area contributed by atoms with Crippen LogP contribution < -0.4 is 10.1 Å². The molecule has 2 aliphatic rings. The third kappa shape index (κ3) is 4.34. The highest BCUT2D eigenvalue weighted by molar-refractivity contribution is 6.34. The van der Waals surface area contributed by atoms with E-state index in [1.165, 1.54) is 0 Å². The van der Waals surface area contributed by atoms with Gasteiger partial charge in [0.2, 0.25) is 0 Å². The second-order valence-corrected chi connectivity index (χ2v) is 7.91. The molecule has 0 unspecified atom stereocenters. The van der Waals surface area contributed by atoms with Crippen LogP contribution in [-0.2, 0) is 4.79 Å². The molecule has 0 atom stereocenters. The summed E-state index contributed by atoms with van der Waals surface area (Å²) in [6.45, 7) is 5.94. The average Bonchev–Trinajstić information content (AvgIpc) is 3.28. The number of aromatic nitrogens is 2. The predicted octanol–water partition coefficient (Wildman–Crippen LogP) is 3.84. The van der Waals surface area contributed by atoms with Crippen molar-refractivity contribution in [3.8, 4) is 5.75 Å². The van der Waals surface area contributed by atoms with Gasteiger partial charge in [0.1, 0.15) is 18.2 Å². The molecule has 1 fully saturated rings. The summed E-state index contributed by atoms with van der Waals surface area (Å²) in [7, 11) is 0. The molecule has 0 bridgehead atoms. The van der Waals surface area contributed by atoms with Crippen LogP contribution in [0.5, 0.6) is 5.75 Å². The fourth-order valence-corrected chi connectivity index (χ4v) is 3.99. The molecule has 1 amide bonds. The summed E-state index contributed by atoms with van der Waals surface area (Å²) >= 11 is 0. The fraction of sp³-hybridized carbons (Fsp3) is 0.455. The van der Waals surface area contributed by atoms with Crippen LogP contribution in [0.2, 0.25) is 0 Å². The Kier molecular flexibility index (Phi) is 5.67. The second kappa shape index (κ2) is 8.37. The number of piperidine rings is 1. The van der Waals surface area contributed by atoms with Gasteiger partial charge in [0.15, 0.2) is 0 Å². The number of imidazole rings is 1. The highest BCUT2D eigenvalue weighted by Crippen LogP contribution is 2.36. The number of nitrogens with one attached hydrogen (secondary N) is 2. The molecule has 4 rings (SSSR count). The normalized spacial score (nSPS) is 19.0. The van der Waals surface area contributed by atoms with E-state index < -0.39 is 0 Å². The number of rotatable bonds is 6. The maximum atomic E-state index is 12.5. The molecule has 1 aromatic heterocycles. The van der Waals surface area contributed by atoms with E-state index in [1.54, 1.807) is 6.20 Å². The molecule has 0 saturated carbocycles. The van der Waals surface area contributed by atoms with Crippen LogP contribution in [0.15, 0.2) is 24.4 Å². The van der Waals surface area contributed by atoms with Crippen LogP contribution in [0, 0.1) is 0 Å². The number of ether oxygens (including phenoxy) is 1. The molecule has 2 aliphatic heterocycles. The number of hydrogen-bond acceptors (Lipinski definition) is 4. The highest BCUT2D eigenvalue weighted by Gasteiger charge is 2.26. The summed E-state index contributed by atoms with van der Waals surface area (Å²) in [6, 6.07) is 5.64. The van der Waals surface area contributed by atoms with Gasteiger partial charge in [-0.25, -0.2) is 9.37 Å². The number of carbonyl (C=O) groups is 1. The number of amides is 1. The quantitative estimate of drug-likeness (QED) is 0.726. The summed E-state index contributed by atoms with van der Waals surface area (Å²) in [5.74, 6) is 1.89. The number of anilines is 1. The van der Waals surface area contributed by atoms with Crippen LogP contribution in [0.4, 0.5) is 10.1 Å². The van der Waals surface area contributed by atoms with E-state index in [4.69, 9.17) is 4.74 Å². The maximum absolute atomic E-state index is 12.5. The van der Waals surface area contributed by atoms with E-state index in [0.29, 0.717) is 18.0 Å². The van der Waals surface area contributed by atoms with Gasteiger partial charge in [0.05, 0.1) is 23.6 Å². The molecular formula is C22H27FN4O2. The average molecular weight is 398 g/mol. The number of halogens is 1. The smallest absolute Gasteiger partial charge is 0.256 e. The molecular weight excluding hydrogens is 371 g/mol. The molecule has 0 radical (unpaired) electrons. The predicted molar refractivity (Wildman–Crippen MR) is 112 cm³/mol. The highest BCUT2D eigenvalue weighted by atomic mass is 19.1. The number of hydrogen-bond donors (Lipinski definition) is 2. The first-order valence-electron chi connectivity index (χ1n) is 10.2. The molecule has 2 aromatic rings. The minimum atomic E-state index is -0.295. The number of H-pyrrole nitrogens is 1. The largest absolute Gasteiger partial charge is 0.491 e. The number of fused-ring (bicyclic) bond motifs is 1. The summed E-state index contributed by atoms with van der Waals surface area (Å²) in [5, 5.41) is 2.90. The van der Waals surface area contributed by atoms with Crippen molar-refractivity contribution in [1.82, 2.24) is 14.9 Å². The van der Waals surface area contributed by atoms with Gasteiger partial charge in [-0.05, 0) is 64.1 Å². The van der Waals surface area contributed by atoms with E-state index in [0.717, 1.165) is 54.4 Å². The monoisotopic (exact) mass is 398 g/mol. The molecule has 6 nitrogen and oxygen atoms in total. The fourth-order valence-electron chi connectivity index (χ4n) is 3.99. The summed E-state index contributed by atoms with van der Waals surface area (Å²) in [4.78, 5) is 22.5. The Balaban J connectivity index is 1.52. The Hall–Kier alpha value is -2.67. The van der Waals surface area contributed by atoms with Gasteiger partial charge >= 0.3 is 0 Å². The summed E-state index contributed by atoms with van der Waals surface area (Å²) in [6.07, 6.45) is 5.60. The van der Waals surface area contributed by atoms with Gasteiger partial charge in [-0.15, -0.1) is 0 Å². The van der Waals surface area contributed by atoms with Crippen molar-refractivity contribution in [3.63, 3.8) is 0 Å². The van der Waals surface area contributed by atoms with Crippen molar-refractivity contribution in [2.24, 2.45) is 0 Å². The van der Waals surface area contributed by atoms with Crippen molar-refractivity contribution < 1.29 is 13.9 Å². The zero-order valence-electron chi connectivity index (χ0n) is 16.9. The number of benzene rings is 1. The molecule has 3 heterocycles. The lowest BCUT2D eigenvalue weighted by Crippen LogP contribution is -2.34. The molecule has 1 saturated heterocycles. The van der Waals surface area contributed by atoms with Gasteiger partial charge in [-0.2, -0.15) is 0 Å². The topological polar surface area (TPSA) is 70.2 Å². The van der Waals surface area contributed by atoms with Gasteiger partial charge < -0.3 is 19.9 Å². The van der Waals surface area contributed by atoms with Crippen molar-refractivity contribution >= 4 is 23.2 Å². The Bertz CT molecular complexity index is 913. The van der Waals surface area contributed by atoms with Crippen LogP contribution >= 0.6 is 0 Å². The van der Waals surface area contributed by atoms with Gasteiger partial charge in [-0.3, -0.25) is 4.79 Å². The minimum absolute atomic E-state index is 0.0667. The number of likely N-dealkylation sites (tertiary alicyclic amines) is 1. The zero-order chi connectivity index (χ0) is 20.4. The van der Waals surface area contributed by atoms with E-state index in [9.17, 15) is 9.18 Å². The van der Waals surface area contributed by atoms with Crippen molar-refractivity contribution in [2.75, 3.05) is 31.6 Å². The Morgan fingerprint density at radius 2 is 2.14 bits per heavy atom. The van der Waals surface area contributed by atoms with E-state index in [-0.39, 0.29) is 18.7 Å². The number of aromatic amines is 1. The first-order valence-corrected chi connectivity index (χ1v) is 10.2. The lowest BCUT2D eigenvalue weighted by Gasteiger charge is -2.30. The molecule has 2 N–H and O–H groups in total. The Morgan fingerprint density at radius 1 is 1.34 bits per heavy atom. The van der Waals surface area contributed by atoms with Crippen LogP contribution in [-0.4, -0.2) is 53.2 Å². The van der Waals surface area contributed by atoms with Crippen LogP contribution in [0.3, 0.4) is 0 Å². The molecule has 0 spiro atoms. The lowest BCUT2D eigenvalue weighted by atomic mass is 9.96. The third-order valence-corrected chi connectivity index (χ3v) is 5.44. The lowest BCUT2D eigenvalue weighted by molar-refractivity contribution is -0.110. The maximum Gasteiger partial charge on any atom is 0.256 e. The molecule has 1 aromatic carbocycles. The van der Waals surface area contributed by atoms with Crippen LogP contribution in [0.1, 0.15) is 49.7 Å². The van der Waals surface area contributed by atoms with Crippen LogP contribution in [0.25, 0.3) is 11.6 Å². The Morgan fingerprint density at radius 3 is 2.86 bits per heavy atom. The minimum Gasteiger partial charge on any atom is -0.491 e. The van der Waals surface area contributed by atoms with Crippen molar-refractivity contribution in [3.05, 3.63) is 41.5 Å². The van der Waals surface area contributed by atoms with Crippen molar-refractivity contribution in [2.45, 2.75) is 38.7 Å². The third-order valence-electron chi connectivity index (χ3n) is 5.44. The molecule has 29 heavy (non-hydrogen) atoms. The van der Waals surface area contributed by atoms with E-state index in [2.05, 4.69) is 20.2 Å². The number of alkyl halides is 1. The Labute approximate surface area is 170 Å². The molecule has 154 valence electrons. The van der Waals surface area contributed by atoms with E-state index >= 15 is 0 Å². The van der Waals surface area contributed by atoms with Gasteiger partial charge in [0, 0.05) is 23.7 Å².